The van der Waals surface area contributed by atoms with Gasteiger partial charge in [-0.25, -0.2) is 0 Å². The number of fused-ring (bicyclic) bond motifs is 1. The summed E-state index contributed by atoms with van der Waals surface area (Å²) in [6.07, 6.45) is 3.79. The van der Waals surface area contributed by atoms with Crippen molar-refractivity contribution in [1.29, 1.82) is 0 Å². The maximum Gasteiger partial charge on any atom is 0.0954 e. The van der Waals surface area contributed by atoms with Gasteiger partial charge in [0.05, 0.1) is 16.8 Å². The van der Waals surface area contributed by atoms with E-state index in [0.717, 1.165) is 46.2 Å². The molecule has 0 radical (unpaired) electrons. The summed E-state index contributed by atoms with van der Waals surface area (Å²) in [7, 11) is 0. The maximum atomic E-state index is 6.06. The van der Waals surface area contributed by atoms with Crippen LogP contribution in [-0.4, -0.2) is 23.2 Å². The van der Waals surface area contributed by atoms with Crippen LogP contribution in [0.2, 0.25) is 0 Å². The SMILES string of the molecule is CC1(C)CC(Nc2ccc(N)c3cc(Br)cnc23)CCO1. The first-order valence-corrected chi connectivity index (χ1v) is 7.98. The highest BCUT2D eigenvalue weighted by Gasteiger charge is 2.29. The van der Waals surface area contributed by atoms with Crippen molar-refractivity contribution in [2.75, 3.05) is 17.7 Å². The molecule has 0 bridgehead atoms. The number of benzene rings is 1. The third-order valence-corrected chi connectivity index (χ3v) is 4.34. The maximum absolute atomic E-state index is 6.06. The zero-order valence-corrected chi connectivity index (χ0v) is 13.9. The highest BCUT2D eigenvalue weighted by molar-refractivity contribution is 9.10. The van der Waals surface area contributed by atoms with Crippen LogP contribution in [0.15, 0.2) is 28.9 Å². The number of rotatable bonds is 2. The Hall–Kier alpha value is -1.33. The molecule has 5 heteroatoms. The number of hydrogen-bond acceptors (Lipinski definition) is 4. The van der Waals surface area contributed by atoms with Gasteiger partial charge in [0, 0.05) is 34.4 Å². The first-order valence-electron chi connectivity index (χ1n) is 7.19. The molecule has 0 saturated carbocycles. The smallest absolute Gasteiger partial charge is 0.0954 e. The molecule has 1 atom stereocenters. The van der Waals surface area contributed by atoms with Crippen molar-refractivity contribution in [2.24, 2.45) is 0 Å². The van der Waals surface area contributed by atoms with Crippen LogP contribution in [0.5, 0.6) is 0 Å². The van der Waals surface area contributed by atoms with Crippen molar-refractivity contribution in [3.63, 3.8) is 0 Å². The van der Waals surface area contributed by atoms with E-state index in [1.54, 1.807) is 6.20 Å². The van der Waals surface area contributed by atoms with Gasteiger partial charge in [-0.1, -0.05) is 0 Å². The fraction of sp³-hybridized carbons (Fsp3) is 0.438. The van der Waals surface area contributed by atoms with Crippen molar-refractivity contribution >= 4 is 38.2 Å². The minimum atomic E-state index is -0.0734. The molecule has 0 spiro atoms. The molecule has 3 N–H and O–H groups in total. The van der Waals surface area contributed by atoms with Crippen LogP contribution in [0.4, 0.5) is 11.4 Å². The predicted octanol–water partition coefficient (Wildman–Crippen LogP) is 3.95. The topological polar surface area (TPSA) is 60.2 Å². The number of hydrogen-bond donors (Lipinski definition) is 2. The second kappa shape index (κ2) is 5.46. The molecule has 0 amide bonds. The number of nitrogens with two attached hydrogens (primary N) is 1. The van der Waals surface area contributed by atoms with E-state index in [1.807, 2.05) is 18.2 Å². The van der Waals surface area contributed by atoms with Gasteiger partial charge in [-0.15, -0.1) is 0 Å². The summed E-state index contributed by atoms with van der Waals surface area (Å²) in [6.45, 7) is 5.06. The molecule has 2 aromatic rings. The number of pyridine rings is 1. The number of nitrogens with one attached hydrogen (secondary N) is 1. The van der Waals surface area contributed by atoms with E-state index in [-0.39, 0.29) is 5.60 Å². The summed E-state index contributed by atoms with van der Waals surface area (Å²) in [6, 6.07) is 6.35. The van der Waals surface area contributed by atoms with Gasteiger partial charge in [0.2, 0.25) is 0 Å². The van der Waals surface area contributed by atoms with Gasteiger partial charge in [-0.3, -0.25) is 4.98 Å². The van der Waals surface area contributed by atoms with Gasteiger partial charge >= 0.3 is 0 Å². The normalized spacial score (nSPS) is 21.4. The van der Waals surface area contributed by atoms with E-state index in [9.17, 15) is 0 Å². The molecule has 4 nitrogen and oxygen atoms in total. The summed E-state index contributed by atoms with van der Waals surface area (Å²) in [5.74, 6) is 0. The van der Waals surface area contributed by atoms with Crippen LogP contribution >= 0.6 is 15.9 Å². The first-order chi connectivity index (χ1) is 9.94. The van der Waals surface area contributed by atoms with Crippen LogP contribution in [-0.2, 0) is 4.74 Å². The lowest BCUT2D eigenvalue weighted by Gasteiger charge is -2.36. The van der Waals surface area contributed by atoms with Crippen LogP contribution in [0, 0.1) is 0 Å². The second-order valence-corrected chi connectivity index (χ2v) is 7.11. The van der Waals surface area contributed by atoms with Gasteiger partial charge in [0.15, 0.2) is 0 Å². The monoisotopic (exact) mass is 349 g/mol. The van der Waals surface area contributed by atoms with Gasteiger partial charge in [0.1, 0.15) is 0 Å². The average molecular weight is 350 g/mol. The number of ether oxygens (including phenoxy) is 1. The first kappa shape index (κ1) is 14.6. The largest absolute Gasteiger partial charge is 0.398 e. The summed E-state index contributed by atoms with van der Waals surface area (Å²) in [4.78, 5) is 4.52. The van der Waals surface area contributed by atoms with Crippen molar-refractivity contribution in [1.82, 2.24) is 4.98 Å². The Morgan fingerprint density at radius 3 is 3.00 bits per heavy atom. The van der Waals surface area contributed by atoms with E-state index >= 15 is 0 Å². The standard InChI is InChI=1S/C16H20BrN3O/c1-16(2)8-11(5-6-21-16)20-14-4-3-13(18)12-7-10(17)9-19-15(12)14/h3-4,7,9,11,20H,5-6,8,18H2,1-2H3. The third kappa shape index (κ3) is 3.14. The van der Waals surface area contributed by atoms with E-state index in [0.29, 0.717) is 6.04 Å². The van der Waals surface area contributed by atoms with Crippen molar-refractivity contribution in [3.8, 4) is 0 Å². The minimum absolute atomic E-state index is 0.0734. The zero-order chi connectivity index (χ0) is 15.0. The van der Waals surface area contributed by atoms with Gasteiger partial charge in [-0.05, 0) is 60.8 Å². The molecule has 1 aromatic heterocycles. The molecule has 2 heterocycles. The van der Waals surface area contributed by atoms with E-state index in [1.165, 1.54) is 0 Å². The molecule has 21 heavy (non-hydrogen) atoms. The fourth-order valence-electron chi connectivity index (χ4n) is 2.91. The average Bonchev–Trinajstić information content (AvgIpc) is 2.41. The number of aromatic nitrogens is 1. The Kier molecular flexibility index (Phi) is 3.80. The van der Waals surface area contributed by atoms with Crippen LogP contribution in [0.25, 0.3) is 10.9 Å². The molecule has 1 aliphatic heterocycles. The van der Waals surface area contributed by atoms with Gasteiger partial charge < -0.3 is 15.8 Å². The molecule has 3 rings (SSSR count). The Morgan fingerprint density at radius 1 is 1.43 bits per heavy atom. The molecule has 1 unspecified atom stereocenters. The summed E-state index contributed by atoms with van der Waals surface area (Å²) >= 11 is 3.45. The van der Waals surface area contributed by atoms with Crippen molar-refractivity contribution in [3.05, 3.63) is 28.9 Å². The highest BCUT2D eigenvalue weighted by Crippen LogP contribution is 2.32. The van der Waals surface area contributed by atoms with Crippen LogP contribution < -0.4 is 11.1 Å². The highest BCUT2D eigenvalue weighted by atomic mass is 79.9. The summed E-state index contributed by atoms with van der Waals surface area (Å²) < 4.78 is 6.71. The molecule has 112 valence electrons. The Morgan fingerprint density at radius 2 is 2.24 bits per heavy atom. The van der Waals surface area contributed by atoms with Crippen molar-refractivity contribution in [2.45, 2.75) is 38.3 Å². The number of halogens is 1. The quantitative estimate of drug-likeness (QED) is 0.806. The van der Waals surface area contributed by atoms with Crippen LogP contribution in [0.3, 0.4) is 0 Å². The Labute approximate surface area is 133 Å². The lowest BCUT2D eigenvalue weighted by molar-refractivity contribution is -0.0553. The second-order valence-electron chi connectivity index (χ2n) is 6.19. The molecule has 1 saturated heterocycles. The van der Waals surface area contributed by atoms with Gasteiger partial charge in [0.25, 0.3) is 0 Å². The molecular formula is C16H20BrN3O. The number of anilines is 2. The van der Waals surface area contributed by atoms with E-state index < -0.39 is 0 Å². The fourth-order valence-corrected chi connectivity index (χ4v) is 3.24. The van der Waals surface area contributed by atoms with Crippen LogP contribution in [0.1, 0.15) is 26.7 Å². The van der Waals surface area contributed by atoms with E-state index in [2.05, 4.69) is 40.1 Å². The molecule has 1 fully saturated rings. The summed E-state index contributed by atoms with van der Waals surface area (Å²) in [5, 5.41) is 4.59. The number of nitrogen functional groups attached to an aromatic ring is 1. The third-order valence-electron chi connectivity index (χ3n) is 3.91. The zero-order valence-electron chi connectivity index (χ0n) is 12.3. The van der Waals surface area contributed by atoms with Gasteiger partial charge in [-0.2, -0.15) is 0 Å². The van der Waals surface area contributed by atoms with Crippen molar-refractivity contribution < 1.29 is 4.74 Å². The molecular weight excluding hydrogens is 330 g/mol. The lowest BCUT2D eigenvalue weighted by Crippen LogP contribution is -2.40. The Bertz CT molecular complexity index is 672. The number of nitrogens with zero attached hydrogens (tertiary/aromatic N) is 1. The predicted molar refractivity (Wildman–Crippen MR) is 90.5 cm³/mol. The minimum Gasteiger partial charge on any atom is -0.398 e. The molecule has 1 aliphatic rings. The Balaban J connectivity index is 1.92. The molecule has 1 aromatic carbocycles. The summed E-state index contributed by atoms with van der Waals surface area (Å²) in [5.41, 5.74) is 8.69. The van der Waals surface area contributed by atoms with E-state index in [4.69, 9.17) is 10.5 Å². The molecule has 0 aliphatic carbocycles. The lowest BCUT2D eigenvalue weighted by atomic mass is 9.93.